The van der Waals surface area contributed by atoms with Crippen molar-refractivity contribution in [2.75, 3.05) is 18.5 Å². The Bertz CT molecular complexity index is 425. The topological polar surface area (TPSA) is 71.2 Å². The molecule has 0 aliphatic carbocycles. The number of nitrogens with one attached hydrogen (secondary N) is 1. The van der Waals surface area contributed by atoms with Crippen LogP contribution in [-0.2, 0) is 0 Å². The molecule has 2 unspecified atom stereocenters. The highest BCUT2D eigenvalue weighted by atomic mass is 16.2. The van der Waals surface area contributed by atoms with E-state index in [2.05, 4.69) is 24.3 Å². The van der Waals surface area contributed by atoms with Crippen molar-refractivity contribution >= 4 is 11.6 Å². The van der Waals surface area contributed by atoms with Gasteiger partial charge in [0, 0.05) is 19.3 Å². The van der Waals surface area contributed by atoms with Gasteiger partial charge in [0.05, 0.1) is 17.4 Å². The minimum atomic E-state index is 0.0313. The number of nitrogens with two attached hydrogens (primary N) is 1. The number of hydrazine groups is 1. The molecule has 0 saturated carbocycles. The Morgan fingerprint density at radius 2 is 2.11 bits per heavy atom. The molecule has 1 aliphatic heterocycles. The molecule has 1 aromatic heterocycles. The molecule has 5 nitrogen and oxygen atoms in total. The lowest BCUT2D eigenvalue weighted by Crippen LogP contribution is -2.42. The van der Waals surface area contributed by atoms with Crippen molar-refractivity contribution in [1.29, 1.82) is 0 Å². The van der Waals surface area contributed by atoms with E-state index >= 15 is 0 Å². The van der Waals surface area contributed by atoms with Crippen molar-refractivity contribution < 1.29 is 4.79 Å². The fourth-order valence-electron chi connectivity index (χ4n) is 2.70. The number of piperidine rings is 1. The van der Waals surface area contributed by atoms with Gasteiger partial charge in [0.1, 0.15) is 0 Å². The second-order valence-corrected chi connectivity index (χ2v) is 5.22. The first-order chi connectivity index (χ1) is 8.61. The summed E-state index contributed by atoms with van der Waals surface area (Å²) in [6.07, 6.45) is 4.37. The number of nitrogen functional groups attached to an aromatic ring is 1. The minimum absolute atomic E-state index is 0.0313. The lowest BCUT2D eigenvalue weighted by atomic mass is 9.91. The SMILES string of the molecule is CC1CC(C)CN(C(=O)c2ccncc2NN)C1. The number of aromatic nitrogens is 1. The zero-order valence-electron chi connectivity index (χ0n) is 10.9. The van der Waals surface area contributed by atoms with Crippen molar-refractivity contribution in [3.8, 4) is 0 Å². The maximum absolute atomic E-state index is 12.5. The van der Waals surface area contributed by atoms with Crippen LogP contribution in [-0.4, -0.2) is 28.9 Å². The van der Waals surface area contributed by atoms with E-state index in [-0.39, 0.29) is 5.91 Å². The monoisotopic (exact) mass is 248 g/mol. The zero-order chi connectivity index (χ0) is 13.1. The van der Waals surface area contributed by atoms with Crippen LogP contribution in [0, 0.1) is 11.8 Å². The molecule has 1 aromatic rings. The first-order valence-electron chi connectivity index (χ1n) is 6.31. The molecule has 18 heavy (non-hydrogen) atoms. The van der Waals surface area contributed by atoms with Gasteiger partial charge in [-0.05, 0) is 24.3 Å². The maximum atomic E-state index is 12.5. The number of pyridine rings is 1. The van der Waals surface area contributed by atoms with Crippen LogP contribution in [0.1, 0.15) is 30.6 Å². The summed E-state index contributed by atoms with van der Waals surface area (Å²) in [6, 6.07) is 1.71. The Morgan fingerprint density at radius 1 is 1.44 bits per heavy atom. The van der Waals surface area contributed by atoms with E-state index in [9.17, 15) is 4.79 Å². The fourth-order valence-corrected chi connectivity index (χ4v) is 2.70. The summed E-state index contributed by atoms with van der Waals surface area (Å²) in [4.78, 5) is 18.3. The van der Waals surface area contributed by atoms with E-state index < -0.39 is 0 Å². The molecule has 0 radical (unpaired) electrons. The molecule has 2 atom stereocenters. The smallest absolute Gasteiger partial charge is 0.256 e. The number of hydrogen-bond donors (Lipinski definition) is 2. The molecule has 2 heterocycles. The number of amides is 1. The Balaban J connectivity index is 2.20. The molecule has 0 bridgehead atoms. The number of carbonyl (C=O) groups is 1. The predicted octanol–water partition coefficient (Wildman–Crippen LogP) is 1.49. The van der Waals surface area contributed by atoms with Crippen LogP contribution in [0.15, 0.2) is 18.5 Å². The van der Waals surface area contributed by atoms with E-state index in [4.69, 9.17) is 5.84 Å². The fraction of sp³-hybridized carbons (Fsp3) is 0.538. The highest BCUT2D eigenvalue weighted by Crippen LogP contribution is 2.24. The van der Waals surface area contributed by atoms with E-state index in [1.165, 1.54) is 6.42 Å². The van der Waals surface area contributed by atoms with Crippen LogP contribution < -0.4 is 11.3 Å². The molecule has 98 valence electrons. The van der Waals surface area contributed by atoms with Gasteiger partial charge >= 0.3 is 0 Å². The summed E-state index contributed by atoms with van der Waals surface area (Å²) in [5.41, 5.74) is 3.70. The van der Waals surface area contributed by atoms with Crippen LogP contribution in [0.3, 0.4) is 0 Å². The zero-order valence-corrected chi connectivity index (χ0v) is 10.9. The number of anilines is 1. The molecule has 0 aromatic carbocycles. The van der Waals surface area contributed by atoms with Gasteiger partial charge in [0.25, 0.3) is 5.91 Å². The molecule has 5 heteroatoms. The Morgan fingerprint density at radius 3 is 2.72 bits per heavy atom. The van der Waals surface area contributed by atoms with Crippen molar-refractivity contribution in [3.05, 3.63) is 24.0 Å². The van der Waals surface area contributed by atoms with Gasteiger partial charge in [-0.2, -0.15) is 0 Å². The van der Waals surface area contributed by atoms with Crippen LogP contribution in [0.2, 0.25) is 0 Å². The third kappa shape index (κ3) is 2.61. The van der Waals surface area contributed by atoms with Gasteiger partial charge in [0.2, 0.25) is 0 Å². The van der Waals surface area contributed by atoms with E-state index in [1.54, 1.807) is 18.5 Å². The molecule has 2 rings (SSSR count). The lowest BCUT2D eigenvalue weighted by molar-refractivity contribution is 0.0624. The maximum Gasteiger partial charge on any atom is 0.256 e. The molecule has 1 saturated heterocycles. The normalized spacial score (nSPS) is 23.8. The van der Waals surface area contributed by atoms with Gasteiger partial charge < -0.3 is 10.3 Å². The highest BCUT2D eigenvalue weighted by molar-refractivity contribution is 5.99. The van der Waals surface area contributed by atoms with Gasteiger partial charge in [-0.3, -0.25) is 15.6 Å². The molecule has 1 aliphatic rings. The van der Waals surface area contributed by atoms with Gasteiger partial charge in [-0.25, -0.2) is 0 Å². The predicted molar refractivity (Wildman–Crippen MR) is 70.9 cm³/mol. The third-order valence-corrected chi connectivity index (χ3v) is 3.36. The Labute approximate surface area is 107 Å². The number of hydrogen-bond acceptors (Lipinski definition) is 4. The summed E-state index contributed by atoms with van der Waals surface area (Å²) >= 11 is 0. The second-order valence-electron chi connectivity index (χ2n) is 5.22. The first kappa shape index (κ1) is 12.8. The average Bonchev–Trinajstić information content (AvgIpc) is 2.36. The minimum Gasteiger partial charge on any atom is -0.338 e. The van der Waals surface area contributed by atoms with Crippen LogP contribution in [0.4, 0.5) is 5.69 Å². The molecular weight excluding hydrogens is 228 g/mol. The van der Waals surface area contributed by atoms with Crippen molar-refractivity contribution in [1.82, 2.24) is 9.88 Å². The highest BCUT2D eigenvalue weighted by Gasteiger charge is 2.27. The largest absolute Gasteiger partial charge is 0.338 e. The van der Waals surface area contributed by atoms with E-state index in [0.29, 0.717) is 23.1 Å². The lowest BCUT2D eigenvalue weighted by Gasteiger charge is -2.35. The summed E-state index contributed by atoms with van der Waals surface area (Å²) in [5.74, 6) is 6.54. The first-order valence-corrected chi connectivity index (χ1v) is 6.31. The molecular formula is C13H20N4O. The average molecular weight is 248 g/mol. The van der Waals surface area contributed by atoms with Crippen molar-refractivity contribution in [2.24, 2.45) is 17.7 Å². The summed E-state index contributed by atoms with van der Waals surface area (Å²) in [6.45, 7) is 6.00. The van der Waals surface area contributed by atoms with Crippen LogP contribution >= 0.6 is 0 Å². The quantitative estimate of drug-likeness (QED) is 0.614. The molecule has 1 amide bonds. The van der Waals surface area contributed by atoms with Crippen molar-refractivity contribution in [3.63, 3.8) is 0 Å². The molecule has 1 fully saturated rings. The van der Waals surface area contributed by atoms with Crippen LogP contribution in [0.5, 0.6) is 0 Å². The summed E-state index contributed by atoms with van der Waals surface area (Å²) < 4.78 is 0. The van der Waals surface area contributed by atoms with Gasteiger partial charge in [-0.1, -0.05) is 13.8 Å². The second kappa shape index (κ2) is 5.35. The van der Waals surface area contributed by atoms with Gasteiger partial charge in [-0.15, -0.1) is 0 Å². The van der Waals surface area contributed by atoms with Gasteiger partial charge in [0.15, 0.2) is 0 Å². The van der Waals surface area contributed by atoms with E-state index in [0.717, 1.165) is 13.1 Å². The van der Waals surface area contributed by atoms with Crippen molar-refractivity contribution in [2.45, 2.75) is 20.3 Å². The number of nitrogens with zero attached hydrogens (tertiary/aromatic N) is 2. The third-order valence-electron chi connectivity index (χ3n) is 3.36. The Hall–Kier alpha value is -1.62. The number of rotatable bonds is 2. The summed E-state index contributed by atoms with van der Waals surface area (Å²) in [5, 5.41) is 0. The number of likely N-dealkylation sites (tertiary alicyclic amines) is 1. The molecule has 0 spiro atoms. The van der Waals surface area contributed by atoms with E-state index in [1.807, 2.05) is 4.90 Å². The summed E-state index contributed by atoms with van der Waals surface area (Å²) in [7, 11) is 0. The molecule has 3 N–H and O–H groups in total. The standard InChI is InChI=1S/C13H20N4O/c1-9-5-10(2)8-17(7-9)13(18)11-3-4-15-6-12(11)16-14/h3-4,6,9-10,16H,5,7-8,14H2,1-2H3. The number of carbonyl (C=O) groups excluding carboxylic acids is 1. The Kier molecular flexibility index (Phi) is 3.81. The van der Waals surface area contributed by atoms with Crippen LogP contribution in [0.25, 0.3) is 0 Å².